The van der Waals surface area contributed by atoms with Gasteiger partial charge < -0.3 is 5.43 Å². The third-order valence-corrected chi connectivity index (χ3v) is 3.18. The zero-order valence-electron chi connectivity index (χ0n) is 10.6. The number of anilines is 2. The number of benzene rings is 1. The highest BCUT2D eigenvalue weighted by molar-refractivity contribution is 7.15. The van der Waals surface area contributed by atoms with Crippen LogP contribution in [0.5, 0.6) is 0 Å². The zero-order valence-corrected chi connectivity index (χ0v) is 11.4. The molecule has 1 aromatic carbocycles. The number of nitrogen functional groups attached to an aromatic ring is 1. The van der Waals surface area contributed by atoms with Gasteiger partial charge in [-0.25, -0.2) is 4.39 Å². The van der Waals surface area contributed by atoms with Crippen LogP contribution in [0, 0.1) is 22.9 Å². The Kier molecular flexibility index (Phi) is 4.05. The SMILES string of the molecule is Cc1nnc(NC(=O)c2cc(NN)c(F)cc2[N+](=O)[O-])s1. The third kappa shape index (κ3) is 3.09. The largest absolute Gasteiger partial charge is 0.321 e. The molecule has 0 saturated heterocycles. The number of hydrogen-bond donors (Lipinski definition) is 3. The van der Waals surface area contributed by atoms with E-state index in [-0.39, 0.29) is 16.4 Å². The van der Waals surface area contributed by atoms with E-state index >= 15 is 0 Å². The van der Waals surface area contributed by atoms with E-state index < -0.39 is 22.3 Å². The number of halogens is 1. The number of aromatic nitrogens is 2. The van der Waals surface area contributed by atoms with Gasteiger partial charge in [0.25, 0.3) is 11.6 Å². The zero-order chi connectivity index (χ0) is 15.6. The summed E-state index contributed by atoms with van der Waals surface area (Å²) in [4.78, 5) is 22.1. The maximum atomic E-state index is 13.5. The summed E-state index contributed by atoms with van der Waals surface area (Å²) in [6.45, 7) is 1.68. The van der Waals surface area contributed by atoms with Crippen LogP contribution in [0.4, 0.5) is 20.9 Å². The normalized spacial score (nSPS) is 10.2. The average molecular weight is 312 g/mol. The minimum Gasteiger partial charge on any atom is -0.321 e. The third-order valence-electron chi connectivity index (χ3n) is 2.43. The first-order chi connectivity index (χ1) is 9.92. The molecular weight excluding hydrogens is 303 g/mol. The van der Waals surface area contributed by atoms with Gasteiger partial charge in [-0.2, -0.15) is 0 Å². The Morgan fingerprint density at radius 3 is 2.71 bits per heavy atom. The van der Waals surface area contributed by atoms with Crippen LogP contribution in [-0.4, -0.2) is 21.0 Å². The number of amides is 1. The lowest BCUT2D eigenvalue weighted by molar-refractivity contribution is -0.385. The van der Waals surface area contributed by atoms with Crippen LogP contribution in [0.15, 0.2) is 12.1 Å². The lowest BCUT2D eigenvalue weighted by Crippen LogP contribution is -2.16. The fourth-order valence-electron chi connectivity index (χ4n) is 1.52. The fraction of sp³-hybridized carbons (Fsp3) is 0.100. The minimum atomic E-state index is -0.937. The smallest absolute Gasteiger partial charge is 0.285 e. The number of aryl methyl sites for hydroxylation is 1. The van der Waals surface area contributed by atoms with E-state index in [2.05, 4.69) is 15.5 Å². The Labute approximate surface area is 121 Å². The molecule has 0 bridgehead atoms. The van der Waals surface area contributed by atoms with Crippen LogP contribution in [0.1, 0.15) is 15.4 Å². The van der Waals surface area contributed by atoms with Gasteiger partial charge in [0.2, 0.25) is 5.13 Å². The molecule has 0 aliphatic rings. The van der Waals surface area contributed by atoms with E-state index in [0.29, 0.717) is 11.1 Å². The van der Waals surface area contributed by atoms with E-state index in [1.165, 1.54) is 0 Å². The Bertz CT molecular complexity index is 719. The monoisotopic (exact) mass is 312 g/mol. The van der Waals surface area contributed by atoms with E-state index in [9.17, 15) is 19.3 Å². The van der Waals surface area contributed by atoms with E-state index in [4.69, 9.17) is 5.84 Å². The molecule has 0 aliphatic carbocycles. The van der Waals surface area contributed by atoms with Gasteiger partial charge >= 0.3 is 0 Å². The summed E-state index contributed by atoms with van der Waals surface area (Å²) in [6.07, 6.45) is 0. The highest BCUT2D eigenvalue weighted by Crippen LogP contribution is 2.27. The molecule has 110 valence electrons. The number of hydrazine groups is 1. The number of nitrogens with one attached hydrogen (secondary N) is 2. The van der Waals surface area contributed by atoms with Crippen molar-refractivity contribution in [2.45, 2.75) is 6.92 Å². The highest BCUT2D eigenvalue weighted by atomic mass is 32.1. The molecule has 21 heavy (non-hydrogen) atoms. The Morgan fingerprint density at radius 2 is 2.19 bits per heavy atom. The van der Waals surface area contributed by atoms with Gasteiger partial charge in [-0.15, -0.1) is 10.2 Å². The summed E-state index contributed by atoms with van der Waals surface area (Å²) in [5.41, 5.74) is 0.764. The molecule has 0 aliphatic heterocycles. The number of nitro benzene ring substituents is 1. The molecule has 0 atom stereocenters. The second kappa shape index (κ2) is 5.76. The number of nitrogens with two attached hydrogens (primary N) is 1. The van der Waals surface area contributed by atoms with Crippen LogP contribution in [0.25, 0.3) is 0 Å². The first kappa shape index (κ1) is 14.7. The first-order valence-electron chi connectivity index (χ1n) is 5.48. The van der Waals surface area contributed by atoms with Crippen molar-refractivity contribution < 1.29 is 14.1 Å². The quantitative estimate of drug-likeness (QED) is 0.441. The van der Waals surface area contributed by atoms with Crippen molar-refractivity contribution in [1.82, 2.24) is 10.2 Å². The number of rotatable bonds is 4. The van der Waals surface area contributed by atoms with Gasteiger partial charge in [0.05, 0.1) is 16.7 Å². The van der Waals surface area contributed by atoms with Crippen LogP contribution in [0.3, 0.4) is 0 Å². The van der Waals surface area contributed by atoms with Gasteiger partial charge in [0, 0.05) is 0 Å². The van der Waals surface area contributed by atoms with Gasteiger partial charge in [0.15, 0.2) is 5.82 Å². The predicted octanol–water partition coefficient (Wildman–Crippen LogP) is 1.43. The van der Waals surface area contributed by atoms with Crippen molar-refractivity contribution in [3.05, 3.63) is 38.6 Å². The van der Waals surface area contributed by atoms with Gasteiger partial charge in [-0.1, -0.05) is 11.3 Å². The van der Waals surface area contributed by atoms with Crippen molar-refractivity contribution in [2.75, 3.05) is 10.7 Å². The van der Waals surface area contributed by atoms with Gasteiger partial charge in [0.1, 0.15) is 10.6 Å². The Hall–Kier alpha value is -2.66. The second-order valence-corrected chi connectivity index (χ2v) is 5.01. The van der Waals surface area contributed by atoms with Crippen LogP contribution in [-0.2, 0) is 0 Å². The number of nitro groups is 1. The number of carbonyl (C=O) groups excluding carboxylic acids is 1. The molecule has 1 aromatic heterocycles. The molecule has 0 unspecified atom stereocenters. The molecule has 1 heterocycles. The summed E-state index contributed by atoms with van der Waals surface area (Å²) in [5.74, 6) is 3.34. The van der Waals surface area contributed by atoms with Crippen LogP contribution >= 0.6 is 11.3 Å². The van der Waals surface area contributed by atoms with Crippen molar-refractivity contribution in [3.8, 4) is 0 Å². The summed E-state index contributed by atoms with van der Waals surface area (Å²) in [5, 5.41) is 21.4. The summed E-state index contributed by atoms with van der Waals surface area (Å²) in [6, 6.07) is 1.58. The summed E-state index contributed by atoms with van der Waals surface area (Å²) >= 11 is 1.10. The average Bonchev–Trinajstić information content (AvgIpc) is 2.83. The Balaban J connectivity index is 2.40. The minimum absolute atomic E-state index is 0.179. The molecule has 4 N–H and O–H groups in total. The van der Waals surface area contributed by atoms with E-state index in [0.717, 1.165) is 17.4 Å². The molecule has 1 amide bonds. The second-order valence-electron chi connectivity index (χ2n) is 3.83. The fourth-order valence-corrected chi connectivity index (χ4v) is 2.10. The van der Waals surface area contributed by atoms with Gasteiger partial charge in [-0.05, 0) is 13.0 Å². The molecule has 0 saturated carbocycles. The van der Waals surface area contributed by atoms with Crippen LogP contribution < -0.4 is 16.6 Å². The van der Waals surface area contributed by atoms with E-state index in [1.807, 2.05) is 5.43 Å². The van der Waals surface area contributed by atoms with Crippen molar-refractivity contribution in [2.24, 2.45) is 5.84 Å². The molecule has 11 heteroatoms. The standard InChI is InChI=1S/C10H9FN6O3S/c1-4-15-16-10(21-4)13-9(18)5-2-7(14-12)6(11)3-8(5)17(19)20/h2-3,14H,12H2,1H3,(H,13,16,18). The van der Waals surface area contributed by atoms with Crippen molar-refractivity contribution >= 4 is 33.8 Å². The lowest BCUT2D eigenvalue weighted by Gasteiger charge is -2.07. The van der Waals surface area contributed by atoms with Crippen molar-refractivity contribution in [3.63, 3.8) is 0 Å². The summed E-state index contributed by atoms with van der Waals surface area (Å²) in [7, 11) is 0. The van der Waals surface area contributed by atoms with E-state index in [1.54, 1.807) is 6.92 Å². The number of nitrogens with zero attached hydrogens (tertiary/aromatic N) is 3. The number of hydrogen-bond acceptors (Lipinski definition) is 8. The van der Waals surface area contributed by atoms with Crippen LogP contribution in [0.2, 0.25) is 0 Å². The molecule has 9 nitrogen and oxygen atoms in total. The Morgan fingerprint density at radius 1 is 1.48 bits per heavy atom. The number of carbonyl (C=O) groups is 1. The molecule has 2 rings (SSSR count). The van der Waals surface area contributed by atoms with Crippen molar-refractivity contribution in [1.29, 1.82) is 0 Å². The molecule has 0 spiro atoms. The molecule has 2 aromatic rings. The maximum absolute atomic E-state index is 13.5. The molecule has 0 fully saturated rings. The topological polar surface area (TPSA) is 136 Å². The molecule has 0 radical (unpaired) electrons. The molecular formula is C10H9FN6O3S. The van der Waals surface area contributed by atoms with Gasteiger partial charge in [-0.3, -0.25) is 26.1 Å². The summed E-state index contributed by atoms with van der Waals surface area (Å²) < 4.78 is 13.5. The highest BCUT2D eigenvalue weighted by Gasteiger charge is 2.24. The first-order valence-corrected chi connectivity index (χ1v) is 6.30. The lowest BCUT2D eigenvalue weighted by atomic mass is 10.1. The maximum Gasteiger partial charge on any atom is 0.285 e. The predicted molar refractivity (Wildman–Crippen MR) is 73.5 cm³/mol.